The van der Waals surface area contributed by atoms with Crippen molar-refractivity contribution in [3.05, 3.63) is 0 Å². The number of ether oxygens (including phenoxy) is 2. The molecule has 1 heterocycles. The molecular formula is C18H37N3O3. The summed E-state index contributed by atoms with van der Waals surface area (Å²) in [6, 6.07) is 0. The SMILES string of the molecule is CCNC(=NCC(O)(CC)CC)N1CCC(OCCCOC)CC1. The zero-order chi connectivity index (χ0) is 17.8. The summed E-state index contributed by atoms with van der Waals surface area (Å²) in [5.74, 6) is 0.913. The highest BCUT2D eigenvalue weighted by Gasteiger charge is 2.25. The highest BCUT2D eigenvalue weighted by Crippen LogP contribution is 2.17. The highest BCUT2D eigenvalue weighted by atomic mass is 16.5. The summed E-state index contributed by atoms with van der Waals surface area (Å²) < 4.78 is 11.0. The number of nitrogens with zero attached hydrogens (tertiary/aromatic N) is 2. The van der Waals surface area contributed by atoms with Gasteiger partial charge >= 0.3 is 0 Å². The first-order chi connectivity index (χ1) is 11.6. The summed E-state index contributed by atoms with van der Waals surface area (Å²) in [4.78, 5) is 6.97. The maximum atomic E-state index is 10.4. The summed E-state index contributed by atoms with van der Waals surface area (Å²) in [5, 5.41) is 13.8. The number of nitrogens with one attached hydrogen (secondary N) is 1. The Hall–Kier alpha value is -0.850. The van der Waals surface area contributed by atoms with Crippen molar-refractivity contribution in [1.29, 1.82) is 0 Å². The van der Waals surface area contributed by atoms with Crippen LogP contribution in [0, 0.1) is 0 Å². The maximum absolute atomic E-state index is 10.4. The molecule has 0 aromatic heterocycles. The smallest absolute Gasteiger partial charge is 0.194 e. The van der Waals surface area contributed by atoms with E-state index in [0.717, 1.165) is 70.9 Å². The van der Waals surface area contributed by atoms with Crippen LogP contribution in [0.15, 0.2) is 4.99 Å². The lowest BCUT2D eigenvalue weighted by Gasteiger charge is -2.34. The molecule has 24 heavy (non-hydrogen) atoms. The summed E-state index contributed by atoms with van der Waals surface area (Å²) in [7, 11) is 1.72. The maximum Gasteiger partial charge on any atom is 0.194 e. The van der Waals surface area contributed by atoms with Crippen molar-refractivity contribution in [2.45, 2.75) is 64.6 Å². The van der Waals surface area contributed by atoms with E-state index < -0.39 is 5.60 Å². The average Bonchev–Trinajstić information content (AvgIpc) is 2.62. The molecule has 0 unspecified atom stereocenters. The van der Waals surface area contributed by atoms with Gasteiger partial charge in [-0.2, -0.15) is 0 Å². The number of piperidine rings is 1. The number of methoxy groups -OCH3 is 1. The van der Waals surface area contributed by atoms with Gasteiger partial charge in [0.1, 0.15) is 0 Å². The van der Waals surface area contributed by atoms with E-state index in [-0.39, 0.29) is 0 Å². The lowest BCUT2D eigenvalue weighted by molar-refractivity contribution is 0.00956. The molecule has 0 radical (unpaired) electrons. The summed E-state index contributed by atoms with van der Waals surface area (Å²) in [5.41, 5.74) is -0.691. The molecule has 0 saturated carbocycles. The number of guanidine groups is 1. The normalized spacial score (nSPS) is 17.4. The lowest BCUT2D eigenvalue weighted by Crippen LogP contribution is -2.47. The molecule has 1 rings (SSSR count). The summed E-state index contributed by atoms with van der Waals surface area (Å²) in [6.07, 6.45) is 4.78. The van der Waals surface area contributed by atoms with Crippen LogP contribution in [-0.4, -0.2) is 74.2 Å². The van der Waals surface area contributed by atoms with Crippen LogP contribution < -0.4 is 5.32 Å². The van der Waals surface area contributed by atoms with E-state index in [1.807, 2.05) is 13.8 Å². The predicted octanol–water partition coefficient (Wildman–Crippen LogP) is 2.02. The number of aliphatic imine (C=N–C) groups is 1. The molecule has 142 valence electrons. The van der Waals surface area contributed by atoms with Crippen molar-refractivity contribution in [1.82, 2.24) is 10.2 Å². The molecule has 0 amide bonds. The minimum absolute atomic E-state index is 0.337. The Bertz CT molecular complexity index is 351. The lowest BCUT2D eigenvalue weighted by atomic mass is 9.98. The number of likely N-dealkylation sites (tertiary alicyclic amines) is 1. The fourth-order valence-corrected chi connectivity index (χ4v) is 2.81. The molecule has 0 aliphatic carbocycles. The zero-order valence-electron chi connectivity index (χ0n) is 16.0. The van der Waals surface area contributed by atoms with Gasteiger partial charge in [0.15, 0.2) is 5.96 Å². The van der Waals surface area contributed by atoms with Crippen molar-refractivity contribution in [3.8, 4) is 0 Å². The number of hydrogen-bond donors (Lipinski definition) is 2. The predicted molar refractivity (Wildman–Crippen MR) is 98.6 cm³/mol. The second-order valence-corrected chi connectivity index (χ2v) is 6.51. The first-order valence-corrected chi connectivity index (χ1v) is 9.44. The monoisotopic (exact) mass is 343 g/mol. The Morgan fingerprint density at radius 3 is 2.42 bits per heavy atom. The van der Waals surface area contributed by atoms with Gasteiger partial charge in [-0.25, -0.2) is 0 Å². The third kappa shape index (κ3) is 7.36. The van der Waals surface area contributed by atoms with Gasteiger partial charge in [-0.05, 0) is 39.0 Å². The van der Waals surface area contributed by atoms with Crippen LogP contribution in [0.2, 0.25) is 0 Å². The third-order valence-electron chi connectivity index (χ3n) is 4.76. The third-order valence-corrected chi connectivity index (χ3v) is 4.76. The molecule has 0 spiro atoms. The van der Waals surface area contributed by atoms with E-state index in [4.69, 9.17) is 9.47 Å². The first-order valence-electron chi connectivity index (χ1n) is 9.44. The van der Waals surface area contributed by atoms with Gasteiger partial charge in [-0.15, -0.1) is 0 Å². The molecular weight excluding hydrogens is 306 g/mol. The molecule has 1 saturated heterocycles. The molecule has 0 aromatic rings. The van der Waals surface area contributed by atoms with Gasteiger partial charge in [0, 0.05) is 40.0 Å². The van der Waals surface area contributed by atoms with Crippen molar-refractivity contribution < 1.29 is 14.6 Å². The zero-order valence-corrected chi connectivity index (χ0v) is 16.0. The number of hydrogen-bond acceptors (Lipinski definition) is 4. The van der Waals surface area contributed by atoms with Gasteiger partial charge in [-0.1, -0.05) is 13.8 Å². The van der Waals surface area contributed by atoms with Crippen LogP contribution in [0.4, 0.5) is 0 Å². The highest BCUT2D eigenvalue weighted by molar-refractivity contribution is 5.80. The van der Waals surface area contributed by atoms with E-state index >= 15 is 0 Å². The van der Waals surface area contributed by atoms with Crippen LogP contribution in [0.3, 0.4) is 0 Å². The van der Waals surface area contributed by atoms with E-state index in [0.29, 0.717) is 12.6 Å². The van der Waals surface area contributed by atoms with Crippen LogP contribution >= 0.6 is 0 Å². The van der Waals surface area contributed by atoms with E-state index in [9.17, 15) is 5.11 Å². The summed E-state index contributed by atoms with van der Waals surface area (Å²) in [6.45, 7) is 10.8. The molecule has 0 atom stereocenters. The van der Waals surface area contributed by atoms with Gasteiger partial charge in [0.2, 0.25) is 0 Å². The Labute approximate surface area is 147 Å². The van der Waals surface area contributed by atoms with Crippen LogP contribution in [-0.2, 0) is 9.47 Å². The fraction of sp³-hybridized carbons (Fsp3) is 0.944. The standard InChI is InChI=1S/C18H37N3O3/c1-5-18(22,6-2)15-20-17(19-7-3)21-11-9-16(10-12-21)24-14-8-13-23-4/h16,22H,5-15H2,1-4H3,(H,19,20). The Kier molecular flexibility index (Phi) is 10.3. The van der Waals surface area contributed by atoms with Gasteiger partial charge < -0.3 is 24.8 Å². The quantitative estimate of drug-likeness (QED) is 0.361. The van der Waals surface area contributed by atoms with E-state index in [1.54, 1.807) is 7.11 Å². The Morgan fingerprint density at radius 2 is 1.88 bits per heavy atom. The topological polar surface area (TPSA) is 66.3 Å². The minimum atomic E-state index is -0.691. The molecule has 2 N–H and O–H groups in total. The fourth-order valence-electron chi connectivity index (χ4n) is 2.81. The molecule has 6 heteroatoms. The largest absolute Gasteiger partial charge is 0.388 e. The van der Waals surface area contributed by atoms with Gasteiger partial charge in [-0.3, -0.25) is 4.99 Å². The Balaban J connectivity index is 2.47. The van der Waals surface area contributed by atoms with Crippen molar-refractivity contribution in [2.75, 3.05) is 46.5 Å². The van der Waals surface area contributed by atoms with Crippen molar-refractivity contribution in [3.63, 3.8) is 0 Å². The Morgan fingerprint density at radius 1 is 1.21 bits per heavy atom. The van der Waals surface area contributed by atoms with Crippen molar-refractivity contribution in [2.24, 2.45) is 4.99 Å². The minimum Gasteiger partial charge on any atom is -0.388 e. The second-order valence-electron chi connectivity index (χ2n) is 6.51. The average molecular weight is 344 g/mol. The van der Waals surface area contributed by atoms with Crippen LogP contribution in [0.25, 0.3) is 0 Å². The second kappa shape index (κ2) is 11.7. The number of aliphatic hydroxyl groups is 1. The van der Waals surface area contributed by atoms with Gasteiger partial charge in [0.25, 0.3) is 0 Å². The van der Waals surface area contributed by atoms with Crippen molar-refractivity contribution >= 4 is 5.96 Å². The van der Waals surface area contributed by atoms with Crippen LogP contribution in [0.1, 0.15) is 52.9 Å². The van der Waals surface area contributed by atoms with Gasteiger partial charge in [0.05, 0.1) is 18.2 Å². The molecule has 0 aromatic carbocycles. The molecule has 0 bridgehead atoms. The molecule has 6 nitrogen and oxygen atoms in total. The van der Waals surface area contributed by atoms with E-state index in [1.165, 1.54) is 0 Å². The van der Waals surface area contributed by atoms with Crippen LogP contribution in [0.5, 0.6) is 0 Å². The molecule has 1 aliphatic rings. The first kappa shape index (κ1) is 21.2. The number of rotatable bonds is 10. The van der Waals surface area contributed by atoms with E-state index in [2.05, 4.69) is 22.1 Å². The summed E-state index contributed by atoms with van der Waals surface area (Å²) >= 11 is 0. The molecule has 1 fully saturated rings. The molecule has 1 aliphatic heterocycles.